The van der Waals surface area contributed by atoms with Crippen LogP contribution >= 0.6 is 0 Å². The molecule has 0 aliphatic rings. The van der Waals surface area contributed by atoms with Crippen molar-refractivity contribution in [2.24, 2.45) is 0 Å². The molecule has 0 aliphatic heterocycles. The maximum atomic E-state index is 6.08. The lowest BCUT2D eigenvalue weighted by Gasteiger charge is -2.26. The van der Waals surface area contributed by atoms with Crippen LogP contribution in [0.4, 0.5) is 17.1 Å². The fourth-order valence-corrected chi connectivity index (χ4v) is 6.95. The maximum Gasteiger partial charge on any atom is 0.127 e. The van der Waals surface area contributed by atoms with Crippen molar-refractivity contribution in [3.05, 3.63) is 194 Å². The summed E-state index contributed by atoms with van der Waals surface area (Å²) in [6.45, 7) is 0. The quantitative estimate of drug-likeness (QED) is 0.175. The number of ether oxygens (including phenoxy) is 1. The number of benzene rings is 7. The molecule has 0 saturated heterocycles. The van der Waals surface area contributed by atoms with Crippen LogP contribution in [0.15, 0.2) is 194 Å². The fraction of sp³-hybridized carbons (Fsp3) is 0. The predicted molar refractivity (Wildman–Crippen MR) is 204 cm³/mol. The topological polar surface area (TPSA) is 16.9 Å². The van der Waals surface area contributed by atoms with Crippen molar-refractivity contribution in [2.45, 2.75) is 0 Å². The first-order chi connectivity index (χ1) is 24.3. The van der Waals surface area contributed by atoms with Gasteiger partial charge in [-0.2, -0.15) is 0 Å². The van der Waals surface area contributed by atoms with Gasteiger partial charge < -0.3 is 14.0 Å². The van der Waals surface area contributed by atoms with Crippen LogP contribution in [-0.4, -0.2) is 4.40 Å². The van der Waals surface area contributed by atoms with Gasteiger partial charge in [0, 0.05) is 34.2 Å². The second-order valence-corrected chi connectivity index (χ2v) is 12.2. The van der Waals surface area contributed by atoms with E-state index in [1.807, 2.05) is 42.5 Å². The van der Waals surface area contributed by atoms with Gasteiger partial charge in [0.15, 0.2) is 0 Å². The lowest BCUT2D eigenvalue weighted by atomic mass is 9.95. The summed E-state index contributed by atoms with van der Waals surface area (Å²) in [6, 6.07) is 66.1. The molecular weight excluding hydrogens is 597 g/mol. The van der Waals surface area contributed by atoms with Gasteiger partial charge in [-0.1, -0.05) is 103 Å². The molecule has 9 rings (SSSR count). The minimum Gasteiger partial charge on any atom is -0.457 e. The molecule has 49 heavy (non-hydrogen) atoms. The van der Waals surface area contributed by atoms with Gasteiger partial charge >= 0.3 is 0 Å². The Hall–Kier alpha value is -6.58. The molecule has 0 aliphatic carbocycles. The molecule has 0 fully saturated rings. The van der Waals surface area contributed by atoms with Crippen molar-refractivity contribution in [1.29, 1.82) is 0 Å². The highest BCUT2D eigenvalue weighted by atomic mass is 16.5. The van der Waals surface area contributed by atoms with E-state index in [-0.39, 0.29) is 0 Å². The largest absolute Gasteiger partial charge is 0.457 e. The van der Waals surface area contributed by atoms with Gasteiger partial charge in [0.25, 0.3) is 0 Å². The number of aromatic nitrogens is 1. The Morgan fingerprint density at radius 3 is 1.71 bits per heavy atom. The molecule has 0 saturated carbocycles. The first kappa shape index (κ1) is 28.6. The monoisotopic (exact) mass is 628 g/mol. The number of para-hydroxylation sites is 2. The SMILES string of the molecule is c1ccc(Oc2ccc(N(c3ccccc3)c3ccc(-c4ccc5ccc6c(c(-c7ccccc7)c7ccccn76)c5c4)cc3)cc2)cc1. The second kappa shape index (κ2) is 12.2. The molecule has 3 heteroatoms. The Labute approximate surface area is 285 Å². The summed E-state index contributed by atoms with van der Waals surface area (Å²) in [5.74, 6) is 1.62. The van der Waals surface area contributed by atoms with E-state index in [1.165, 1.54) is 49.4 Å². The predicted octanol–water partition coefficient (Wildman–Crippen LogP) is 12.8. The van der Waals surface area contributed by atoms with E-state index in [2.05, 4.69) is 161 Å². The molecule has 0 spiro atoms. The third kappa shape index (κ3) is 5.28. The Bertz CT molecular complexity index is 2540. The molecular formula is C46H32N2O. The number of nitrogens with zero attached hydrogens (tertiary/aromatic N) is 2. The molecule has 9 aromatic rings. The first-order valence-electron chi connectivity index (χ1n) is 16.6. The zero-order valence-electron chi connectivity index (χ0n) is 26.8. The summed E-state index contributed by atoms with van der Waals surface area (Å²) in [5.41, 5.74) is 10.5. The zero-order chi connectivity index (χ0) is 32.6. The lowest BCUT2D eigenvalue weighted by molar-refractivity contribution is 0.483. The number of rotatable bonds is 7. The van der Waals surface area contributed by atoms with E-state index in [4.69, 9.17) is 4.74 Å². The summed E-state index contributed by atoms with van der Waals surface area (Å²) in [6.07, 6.45) is 2.17. The van der Waals surface area contributed by atoms with Crippen molar-refractivity contribution in [1.82, 2.24) is 4.40 Å². The van der Waals surface area contributed by atoms with E-state index in [0.29, 0.717) is 0 Å². The number of fused-ring (bicyclic) bond motifs is 5. The highest BCUT2D eigenvalue weighted by Crippen LogP contribution is 2.41. The molecule has 0 atom stereocenters. The molecule has 0 amide bonds. The summed E-state index contributed by atoms with van der Waals surface area (Å²) in [5, 5.41) is 3.77. The average Bonchev–Trinajstić information content (AvgIpc) is 3.52. The maximum absolute atomic E-state index is 6.08. The second-order valence-electron chi connectivity index (χ2n) is 12.2. The number of hydrogen-bond acceptors (Lipinski definition) is 2. The third-order valence-electron chi connectivity index (χ3n) is 9.23. The summed E-state index contributed by atoms with van der Waals surface area (Å²) in [4.78, 5) is 2.28. The Balaban J connectivity index is 1.11. The van der Waals surface area contributed by atoms with Crippen molar-refractivity contribution in [3.8, 4) is 33.8 Å². The standard InChI is InChI=1S/C46H32N2O/c1-4-12-35(13-5-1)45-43-18-10-11-31-47(43)44-30-23-34-19-20-36(32-42(34)46(44)45)33-21-24-38(25-22-33)48(37-14-6-2-7-15-37)39-26-28-41(29-27-39)49-40-16-8-3-9-17-40/h1-32H. The van der Waals surface area contributed by atoms with E-state index in [9.17, 15) is 0 Å². The number of anilines is 3. The van der Waals surface area contributed by atoms with Gasteiger partial charge in [0.1, 0.15) is 11.5 Å². The van der Waals surface area contributed by atoms with Crippen molar-refractivity contribution >= 4 is 44.3 Å². The van der Waals surface area contributed by atoms with Crippen LogP contribution in [0.25, 0.3) is 49.4 Å². The summed E-state index contributed by atoms with van der Waals surface area (Å²) < 4.78 is 8.39. The van der Waals surface area contributed by atoms with Gasteiger partial charge in [0.05, 0.1) is 11.0 Å². The Morgan fingerprint density at radius 2 is 0.980 bits per heavy atom. The van der Waals surface area contributed by atoms with Gasteiger partial charge in [0.2, 0.25) is 0 Å². The van der Waals surface area contributed by atoms with Crippen LogP contribution < -0.4 is 9.64 Å². The summed E-state index contributed by atoms with van der Waals surface area (Å²) >= 11 is 0. The van der Waals surface area contributed by atoms with Crippen LogP contribution in [0.2, 0.25) is 0 Å². The highest BCUT2D eigenvalue weighted by molar-refractivity contribution is 6.19. The smallest absolute Gasteiger partial charge is 0.127 e. The Kier molecular flexibility index (Phi) is 7.14. The van der Waals surface area contributed by atoms with E-state index < -0.39 is 0 Å². The van der Waals surface area contributed by atoms with Crippen molar-refractivity contribution in [3.63, 3.8) is 0 Å². The van der Waals surface area contributed by atoms with Crippen LogP contribution in [0.3, 0.4) is 0 Å². The van der Waals surface area contributed by atoms with Gasteiger partial charge in [-0.25, -0.2) is 0 Å². The van der Waals surface area contributed by atoms with Crippen LogP contribution in [-0.2, 0) is 0 Å². The molecule has 232 valence electrons. The molecule has 2 heterocycles. The van der Waals surface area contributed by atoms with Crippen LogP contribution in [0.1, 0.15) is 0 Å². The molecule has 2 aromatic heterocycles. The van der Waals surface area contributed by atoms with Gasteiger partial charge in [-0.05, 0) is 112 Å². The molecule has 0 bridgehead atoms. The van der Waals surface area contributed by atoms with E-state index in [0.717, 1.165) is 28.6 Å². The van der Waals surface area contributed by atoms with Crippen molar-refractivity contribution < 1.29 is 4.74 Å². The number of hydrogen-bond donors (Lipinski definition) is 0. The molecule has 0 unspecified atom stereocenters. The lowest BCUT2D eigenvalue weighted by Crippen LogP contribution is -2.09. The van der Waals surface area contributed by atoms with Gasteiger partial charge in [-0.3, -0.25) is 0 Å². The van der Waals surface area contributed by atoms with E-state index >= 15 is 0 Å². The van der Waals surface area contributed by atoms with Crippen LogP contribution in [0.5, 0.6) is 11.5 Å². The molecule has 7 aromatic carbocycles. The molecule has 0 N–H and O–H groups in total. The Morgan fingerprint density at radius 1 is 0.408 bits per heavy atom. The van der Waals surface area contributed by atoms with Crippen LogP contribution in [0, 0.1) is 0 Å². The van der Waals surface area contributed by atoms with Gasteiger partial charge in [-0.15, -0.1) is 0 Å². The minimum absolute atomic E-state index is 0.801. The van der Waals surface area contributed by atoms with E-state index in [1.54, 1.807) is 0 Å². The summed E-state index contributed by atoms with van der Waals surface area (Å²) in [7, 11) is 0. The fourth-order valence-electron chi connectivity index (χ4n) is 6.95. The minimum atomic E-state index is 0.801. The zero-order valence-corrected chi connectivity index (χ0v) is 26.8. The normalized spacial score (nSPS) is 11.3. The number of pyridine rings is 1. The first-order valence-corrected chi connectivity index (χ1v) is 16.6. The third-order valence-corrected chi connectivity index (χ3v) is 9.23. The highest BCUT2D eigenvalue weighted by Gasteiger charge is 2.17. The average molecular weight is 629 g/mol. The van der Waals surface area contributed by atoms with Crippen molar-refractivity contribution in [2.75, 3.05) is 4.90 Å². The molecule has 0 radical (unpaired) electrons. The molecule has 3 nitrogen and oxygen atoms in total.